The Kier molecular flexibility index (Phi) is 6.25. The molecular formula is C17H23N. The van der Waals surface area contributed by atoms with Crippen molar-refractivity contribution in [3.05, 3.63) is 48.6 Å². The van der Waals surface area contributed by atoms with Crippen LogP contribution in [-0.4, -0.2) is 18.0 Å². The molecular weight excluding hydrogens is 218 g/mol. The molecule has 96 valence electrons. The van der Waals surface area contributed by atoms with Gasteiger partial charge >= 0.3 is 0 Å². The van der Waals surface area contributed by atoms with Gasteiger partial charge in [0.1, 0.15) is 0 Å². The van der Waals surface area contributed by atoms with Gasteiger partial charge in [0, 0.05) is 12.0 Å². The van der Waals surface area contributed by atoms with Gasteiger partial charge in [-0.1, -0.05) is 55.2 Å². The number of hydrogen-bond acceptors (Lipinski definition) is 1. The van der Waals surface area contributed by atoms with Crippen LogP contribution in [-0.2, 0) is 0 Å². The van der Waals surface area contributed by atoms with E-state index in [1.54, 1.807) is 0 Å². The number of nitrogens with zero attached hydrogens (tertiary/aromatic N) is 1. The average molecular weight is 241 g/mol. The Morgan fingerprint density at radius 3 is 2.50 bits per heavy atom. The lowest BCUT2D eigenvalue weighted by Gasteiger charge is -2.26. The maximum atomic E-state index is 3.75. The first-order chi connectivity index (χ1) is 8.69. The van der Waals surface area contributed by atoms with Crippen molar-refractivity contribution in [3.8, 4) is 11.8 Å². The Labute approximate surface area is 112 Å². The van der Waals surface area contributed by atoms with Crippen molar-refractivity contribution in [3.63, 3.8) is 0 Å². The first-order valence-electron chi connectivity index (χ1n) is 6.59. The molecule has 1 rings (SSSR count). The van der Waals surface area contributed by atoms with Crippen LogP contribution in [0.15, 0.2) is 43.0 Å². The van der Waals surface area contributed by atoms with Crippen LogP contribution >= 0.6 is 0 Å². The number of benzene rings is 1. The molecule has 1 aromatic rings. The fraction of sp³-hybridized carbons (Fsp3) is 0.412. The minimum absolute atomic E-state index is 0.274. The van der Waals surface area contributed by atoms with E-state index in [9.17, 15) is 0 Å². The van der Waals surface area contributed by atoms with Gasteiger partial charge in [0.05, 0.1) is 6.54 Å². The molecule has 18 heavy (non-hydrogen) atoms. The van der Waals surface area contributed by atoms with E-state index in [2.05, 4.69) is 74.4 Å². The molecule has 0 aromatic heterocycles. The molecule has 2 atom stereocenters. The molecule has 0 bridgehead atoms. The van der Waals surface area contributed by atoms with E-state index in [0.29, 0.717) is 6.04 Å². The zero-order valence-electron chi connectivity index (χ0n) is 11.7. The summed E-state index contributed by atoms with van der Waals surface area (Å²) in [5.74, 6) is 6.71. The van der Waals surface area contributed by atoms with Crippen molar-refractivity contribution in [1.82, 2.24) is 4.90 Å². The SMILES string of the molecule is C=CC(C)C#CCN(CC)[C@H](C)c1ccccc1. The van der Waals surface area contributed by atoms with Crippen molar-refractivity contribution in [2.45, 2.75) is 26.8 Å². The highest BCUT2D eigenvalue weighted by Gasteiger charge is 2.12. The molecule has 1 aromatic carbocycles. The second-order valence-corrected chi connectivity index (χ2v) is 4.50. The Morgan fingerprint density at radius 2 is 1.94 bits per heavy atom. The quantitative estimate of drug-likeness (QED) is 0.558. The molecule has 0 amide bonds. The van der Waals surface area contributed by atoms with Gasteiger partial charge in [0.25, 0.3) is 0 Å². The molecule has 0 heterocycles. The smallest absolute Gasteiger partial charge is 0.0606 e. The number of hydrogen-bond donors (Lipinski definition) is 0. The van der Waals surface area contributed by atoms with E-state index >= 15 is 0 Å². The van der Waals surface area contributed by atoms with Crippen molar-refractivity contribution in [2.75, 3.05) is 13.1 Å². The van der Waals surface area contributed by atoms with E-state index in [0.717, 1.165) is 13.1 Å². The fourth-order valence-corrected chi connectivity index (χ4v) is 1.83. The van der Waals surface area contributed by atoms with Gasteiger partial charge in [-0.15, -0.1) is 6.58 Å². The minimum atomic E-state index is 0.274. The van der Waals surface area contributed by atoms with Crippen LogP contribution in [0.1, 0.15) is 32.4 Å². The number of rotatable bonds is 5. The molecule has 0 saturated heterocycles. The van der Waals surface area contributed by atoms with Crippen LogP contribution in [0.5, 0.6) is 0 Å². The summed E-state index contributed by atoms with van der Waals surface area (Å²) < 4.78 is 0. The summed E-state index contributed by atoms with van der Waals surface area (Å²) in [5.41, 5.74) is 1.35. The molecule has 0 aliphatic rings. The predicted molar refractivity (Wildman–Crippen MR) is 79.2 cm³/mol. The van der Waals surface area contributed by atoms with Crippen LogP contribution in [0.2, 0.25) is 0 Å². The highest BCUT2D eigenvalue weighted by molar-refractivity contribution is 5.19. The largest absolute Gasteiger partial charge is 0.286 e. The van der Waals surface area contributed by atoms with Crippen molar-refractivity contribution < 1.29 is 0 Å². The normalized spacial score (nSPS) is 13.6. The third kappa shape index (κ3) is 4.39. The van der Waals surface area contributed by atoms with Gasteiger partial charge in [-0.05, 0) is 26.0 Å². The number of allylic oxidation sites excluding steroid dienone is 1. The van der Waals surface area contributed by atoms with Gasteiger partial charge in [-0.25, -0.2) is 0 Å². The maximum Gasteiger partial charge on any atom is 0.0606 e. The molecule has 0 aliphatic carbocycles. The zero-order chi connectivity index (χ0) is 13.4. The van der Waals surface area contributed by atoms with Crippen molar-refractivity contribution in [1.29, 1.82) is 0 Å². The van der Waals surface area contributed by atoms with Crippen LogP contribution in [0.25, 0.3) is 0 Å². The molecule has 0 aliphatic heterocycles. The van der Waals surface area contributed by atoms with Gasteiger partial charge in [0.15, 0.2) is 0 Å². The zero-order valence-corrected chi connectivity index (χ0v) is 11.7. The summed E-state index contributed by atoms with van der Waals surface area (Å²) in [7, 11) is 0. The standard InChI is InChI=1S/C17H23N/c1-5-15(3)11-10-14-18(6-2)16(4)17-12-8-7-9-13-17/h5,7-9,12-13,15-16H,1,6,14H2,2-4H3/t15?,16-/m1/s1. The Hall–Kier alpha value is -1.52. The summed E-state index contributed by atoms with van der Waals surface area (Å²) in [4.78, 5) is 2.37. The second-order valence-electron chi connectivity index (χ2n) is 4.50. The van der Waals surface area contributed by atoms with E-state index in [-0.39, 0.29) is 5.92 Å². The summed E-state index contributed by atoms with van der Waals surface area (Å²) in [6.07, 6.45) is 1.88. The lowest BCUT2D eigenvalue weighted by atomic mass is 10.1. The lowest BCUT2D eigenvalue weighted by molar-refractivity contribution is 0.251. The molecule has 0 fully saturated rings. The van der Waals surface area contributed by atoms with Gasteiger partial charge in [-0.2, -0.15) is 0 Å². The second kappa shape index (κ2) is 7.74. The van der Waals surface area contributed by atoms with Crippen LogP contribution in [0.4, 0.5) is 0 Å². The Morgan fingerprint density at radius 1 is 1.28 bits per heavy atom. The molecule has 1 unspecified atom stereocenters. The third-order valence-electron chi connectivity index (χ3n) is 3.20. The van der Waals surface area contributed by atoms with E-state index < -0.39 is 0 Å². The van der Waals surface area contributed by atoms with E-state index in [1.807, 2.05) is 6.08 Å². The van der Waals surface area contributed by atoms with Crippen LogP contribution < -0.4 is 0 Å². The van der Waals surface area contributed by atoms with Crippen LogP contribution in [0, 0.1) is 17.8 Å². The topological polar surface area (TPSA) is 3.24 Å². The van der Waals surface area contributed by atoms with Gasteiger partial charge in [-0.3, -0.25) is 4.90 Å². The molecule has 1 heteroatoms. The summed E-state index contributed by atoms with van der Waals surface area (Å²) in [6, 6.07) is 11.0. The first-order valence-corrected chi connectivity index (χ1v) is 6.59. The van der Waals surface area contributed by atoms with E-state index in [1.165, 1.54) is 5.56 Å². The van der Waals surface area contributed by atoms with Crippen molar-refractivity contribution >= 4 is 0 Å². The minimum Gasteiger partial charge on any atom is -0.286 e. The van der Waals surface area contributed by atoms with Gasteiger partial charge in [0.2, 0.25) is 0 Å². The molecule has 0 saturated carbocycles. The first kappa shape index (κ1) is 14.5. The molecule has 0 N–H and O–H groups in total. The fourth-order valence-electron chi connectivity index (χ4n) is 1.83. The summed E-state index contributed by atoms with van der Waals surface area (Å²) in [6.45, 7) is 12.0. The van der Waals surface area contributed by atoms with Crippen LogP contribution in [0.3, 0.4) is 0 Å². The molecule has 1 nitrogen and oxygen atoms in total. The Bertz CT molecular complexity index is 410. The summed E-state index contributed by atoms with van der Waals surface area (Å²) >= 11 is 0. The van der Waals surface area contributed by atoms with Gasteiger partial charge < -0.3 is 0 Å². The Balaban J connectivity index is 2.65. The molecule has 0 radical (unpaired) electrons. The summed E-state index contributed by atoms with van der Waals surface area (Å²) in [5, 5.41) is 0. The average Bonchev–Trinajstić information content (AvgIpc) is 2.43. The lowest BCUT2D eigenvalue weighted by Crippen LogP contribution is -2.27. The molecule has 0 spiro atoms. The highest BCUT2D eigenvalue weighted by Crippen LogP contribution is 2.18. The monoisotopic (exact) mass is 241 g/mol. The highest BCUT2D eigenvalue weighted by atomic mass is 15.1. The van der Waals surface area contributed by atoms with Crippen molar-refractivity contribution in [2.24, 2.45) is 5.92 Å². The third-order valence-corrected chi connectivity index (χ3v) is 3.20. The predicted octanol–water partition coefficient (Wildman–Crippen LogP) is 3.90. The maximum absolute atomic E-state index is 3.75. The van der Waals surface area contributed by atoms with E-state index in [4.69, 9.17) is 0 Å².